The molecule has 8 heteroatoms. The molecule has 0 bridgehead atoms. The monoisotopic (exact) mass is 202 g/mol. The fourth-order valence-corrected chi connectivity index (χ4v) is 1.26. The van der Waals surface area contributed by atoms with E-state index in [9.17, 15) is 8.42 Å². The summed E-state index contributed by atoms with van der Waals surface area (Å²) in [5.41, 5.74) is 0. The Morgan fingerprint density at radius 2 is 1.55 bits per heavy atom. The third kappa shape index (κ3) is 3.27. The molecule has 0 aromatic heterocycles. The van der Waals surface area contributed by atoms with Gasteiger partial charge in [-0.15, -0.1) is 0 Å². The number of rotatable bonds is 3. The molecule has 0 amide bonds. The van der Waals surface area contributed by atoms with Gasteiger partial charge >= 0.3 is 0 Å². The third-order valence-corrected chi connectivity index (χ3v) is 4.94. The lowest BCUT2D eigenvalue weighted by molar-refractivity contribution is -0.116. The number of hydrogen-bond acceptors (Lipinski definition) is 5. The van der Waals surface area contributed by atoms with Gasteiger partial charge in [0.15, 0.2) is 6.29 Å². The molecule has 6 nitrogen and oxygen atoms in total. The Hall–Kier alpha value is 0.00688. The molecule has 0 aromatic carbocycles. The summed E-state index contributed by atoms with van der Waals surface area (Å²) in [6.07, 6.45) is -3.98. The first-order valence-corrected chi connectivity index (χ1v) is 5.43. The van der Waals surface area contributed by atoms with Crippen LogP contribution >= 0.6 is 0 Å². The Kier molecular flexibility index (Phi) is 3.61. The van der Waals surface area contributed by atoms with Crippen LogP contribution < -0.4 is 0 Å². The van der Waals surface area contributed by atoms with Crippen molar-refractivity contribution in [2.24, 2.45) is 0 Å². The number of aliphatic hydroxyl groups is 3. The summed E-state index contributed by atoms with van der Waals surface area (Å²) in [6.45, 7) is 0. The fourth-order valence-electron chi connectivity index (χ4n) is 0.419. The van der Waals surface area contributed by atoms with E-state index in [0.717, 1.165) is 0 Å². The van der Waals surface area contributed by atoms with E-state index in [1.807, 2.05) is 0 Å². The van der Waals surface area contributed by atoms with Crippen molar-refractivity contribution < 1.29 is 28.3 Å². The van der Waals surface area contributed by atoms with Crippen LogP contribution in [-0.2, 0) is 10.1 Å². The minimum atomic E-state index is -4.36. The van der Waals surface area contributed by atoms with E-state index in [-0.39, 0.29) is 10.2 Å². The largest absolute Gasteiger partial charge is 0.387 e. The lowest BCUT2D eigenvalue weighted by Crippen LogP contribution is -2.42. The van der Waals surface area contributed by atoms with Crippen molar-refractivity contribution in [2.45, 2.75) is 17.3 Å². The maximum Gasteiger partial charge on any atom is 0.266 e. The average molecular weight is 202 g/mol. The summed E-state index contributed by atoms with van der Waals surface area (Å²) in [4.78, 5) is -1.47. The number of aliphatic hydroxyl groups excluding tert-OH is 2. The lowest BCUT2D eigenvalue weighted by atomic mass is 10.4. The van der Waals surface area contributed by atoms with Crippen LogP contribution in [0.4, 0.5) is 0 Å². The first-order valence-electron chi connectivity index (χ1n) is 2.77. The van der Waals surface area contributed by atoms with Crippen LogP contribution in [0, 0.1) is 0 Å². The molecule has 0 aliphatic heterocycles. The molecule has 2 unspecified atom stereocenters. The molecule has 0 saturated carbocycles. The van der Waals surface area contributed by atoms with Gasteiger partial charge < -0.3 is 15.3 Å². The molecule has 0 heterocycles. The molecule has 68 valence electrons. The average Bonchev–Trinajstić information content (AvgIpc) is 1.82. The second kappa shape index (κ2) is 3.60. The van der Waals surface area contributed by atoms with Gasteiger partial charge in [0, 0.05) is 10.2 Å². The second-order valence-electron chi connectivity index (χ2n) is 2.12. The molecule has 4 N–H and O–H groups in total. The SMILES string of the molecule is O=S(=O)(O)C([SiH3])C(O)C(O)O. The zero-order chi connectivity index (χ0) is 9.23. The molecular weight excluding hydrogens is 192 g/mol. The van der Waals surface area contributed by atoms with Crippen molar-refractivity contribution >= 4 is 20.4 Å². The highest BCUT2D eigenvalue weighted by atomic mass is 32.2. The van der Waals surface area contributed by atoms with E-state index < -0.39 is 27.4 Å². The van der Waals surface area contributed by atoms with Crippen LogP contribution in [0.15, 0.2) is 0 Å². The summed E-state index contributed by atoms with van der Waals surface area (Å²) in [7, 11) is -4.43. The minimum Gasteiger partial charge on any atom is -0.387 e. The van der Waals surface area contributed by atoms with Gasteiger partial charge in [-0.3, -0.25) is 4.55 Å². The van der Waals surface area contributed by atoms with Crippen LogP contribution in [0.25, 0.3) is 0 Å². The standard InChI is InChI=1S/C3H10O6SSi/c4-1(2(5)6)3(11)10(7,8)9/h1-6H,11H3,(H,7,8,9). The topological polar surface area (TPSA) is 115 Å². The molecule has 11 heavy (non-hydrogen) atoms. The Morgan fingerprint density at radius 1 is 1.18 bits per heavy atom. The second-order valence-corrected chi connectivity index (χ2v) is 5.98. The Labute approximate surface area is 66.7 Å². The van der Waals surface area contributed by atoms with Crippen molar-refractivity contribution in [2.75, 3.05) is 0 Å². The van der Waals surface area contributed by atoms with Crippen LogP contribution in [0.1, 0.15) is 0 Å². The molecule has 0 aromatic rings. The molecule has 0 rings (SSSR count). The fraction of sp³-hybridized carbons (Fsp3) is 1.00. The predicted molar refractivity (Wildman–Crippen MR) is 39.5 cm³/mol. The number of hydrogen-bond donors (Lipinski definition) is 4. The Balaban J connectivity index is 4.38. The predicted octanol–water partition coefficient (Wildman–Crippen LogP) is -3.76. The van der Waals surface area contributed by atoms with Gasteiger partial charge in [-0.05, 0) is 0 Å². The molecule has 0 aliphatic rings. The van der Waals surface area contributed by atoms with Crippen LogP contribution in [0.3, 0.4) is 0 Å². The smallest absolute Gasteiger partial charge is 0.266 e. The molecular formula is C3H10O6SSi. The molecule has 0 aliphatic carbocycles. The van der Waals surface area contributed by atoms with E-state index in [2.05, 4.69) is 0 Å². The van der Waals surface area contributed by atoms with Gasteiger partial charge in [0.25, 0.3) is 10.1 Å². The van der Waals surface area contributed by atoms with Gasteiger partial charge in [-0.1, -0.05) is 0 Å². The van der Waals surface area contributed by atoms with Crippen molar-refractivity contribution in [1.82, 2.24) is 0 Å². The highest BCUT2D eigenvalue weighted by molar-refractivity contribution is 7.87. The van der Waals surface area contributed by atoms with Gasteiger partial charge in [0.1, 0.15) is 6.10 Å². The maximum atomic E-state index is 10.3. The van der Waals surface area contributed by atoms with Crippen LogP contribution in [0.5, 0.6) is 0 Å². The summed E-state index contributed by atoms with van der Waals surface area (Å²) in [6, 6.07) is 0. The van der Waals surface area contributed by atoms with E-state index in [0.29, 0.717) is 0 Å². The van der Waals surface area contributed by atoms with Gasteiger partial charge in [0.2, 0.25) is 0 Å². The normalized spacial score (nSPS) is 18.6. The summed E-state index contributed by atoms with van der Waals surface area (Å²) in [5, 5.41) is 25.3. The first-order chi connectivity index (χ1) is 4.76. The van der Waals surface area contributed by atoms with Crippen LogP contribution in [0.2, 0.25) is 0 Å². The van der Waals surface area contributed by atoms with Crippen molar-refractivity contribution in [1.29, 1.82) is 0 Å². The Bertz CT molecular complexity index is 210. The van der Waals surface area contributed by atoms with Gasteiger partial charge in [0.05, 0.1) is 4.87 Å². The third-order valence-electron chi connectivity index (χ3n) is 1.26. The van der Waals surface area contributed by atoms with Crippen molar-refractivity contribution in [3.05, 3.63) is 0 Å². The van der Waals surface area contributed by atoms with Gasteiger partial charge in [-0.25, -0.2) is 0 Å². The van der Waals surface area contributed by atoms with E-state index >= 15 is 0 Å². The van der Waals surface area contributed by atoms with Crippen molar-refractivity contribution in [3.8, 4) is 0 Å². The Morgan fingerprint density at radius 3 is 1.64 bits per heavy atom. The highest BCUT2D eigenvalue weighted by Crippen LogP contribution is 2.02. The van der Waals surface area contributed by atoms with Crippen LogP contribution in [-0.4, -0.2) is 55.8 Å². The molecule has 0 fully saturated rings. The minimum absolute atomic E-state index is 0.0782. The highest BCUT2D eigenvalue weighted by Gasteiger charge is 2.30. The molecule has 0 saturated heterocycles. The van der Waals surface area contributed by atoms with E-state index in [1.54, 1.807) is 0 Å². The summed E-state index contributed by atoms with van der Waals surface area (Å²) >= 11 is 0. The summed E-state index contributed by atoms with van der Waals surface area (Å²) in [5.74, 6) is 0. The van der Waals surface area contributed by atoms with Crippen molar-refractivity contribution in [3.63, 3.8) is 0 Å². The lowest BCUT2D eigenvalue weighted by Gasteiger charge is -2.17. The first kappa shape index (κ1) is 11.0. The van der Waals surface area contributed by atoms with E-state index in [1.165, 1.54) is 0 Å². The van der Waals surface area contributed by atoms with Gasteiger partial charge in [-0.2, -0.15) is 8.42 Å². The zero-order valence-electron chi connectivity index (χ0n) is 5.75. The summed E-state index contributed by atoms with van der Waals surface area (Å²) < 4.78 is 28.9. The maximum absolute atomic E-state index is 10.3. The molecule has 2 atom stereocenters. The van der Waals surface area contributed by atoms with E-state index in [4.69, 9.17) is 19.9 Å². The zero-order valence-corrected chi connectivity index (χ0v) is 8.56. The quantitative estimate of drug-likeness (QED) is 0.212. The molecule has 0 spiro atoms. The molecule has 0 radical (unpaired) electrons.